The molecule has 0 spiro atoms. The van der Waals surface area contributed by atoms with Gasteiger partial charge in [-0.2, -0.15) is 13.2 Å². The highest BCUT2D eigenvalue weighted by Crippen LogP contribution is 2.38. The van der Waals surface area contributed by atoms with Crippen LogP contribution in [0.1, 0.15) is 13.3 Å². The molecular formula is C35H30F3N5O2. The van der Waals surface area contributed by atoms with Crippen molar-refractivity contribution >= 4 is 44.3 Å². The van der Waals surface area contributed by atoms with Crippen LogP contribution in [0.2, 0.25) is 0 Å². The lowest BCUT2D eigenvalue weighted by atomic mass is 9.90. The van der Waals surface area contributed by atoms with Crippen molar-refractivity contribution in [3.8, 4) is 11.1 Å². The summed E-state index contributed by atoms with van der Waals surface area (Å²) in [6.45, 7) is 3.23. The summed E-state index contributed by atoms with van der Waals surface area (Å²) >= 11 is 0. The van der Waals surface area contributed by atoms with E-state index in [0.29, 0.717) is 54.4 Å². The Morgan fingerprint density at radius 1 is 0.889 bits per heavy atom. The molecule has 1 aliphatic heterocycles. The Kier molecular flexibility index (Phi) is 7.24. The molecule has 1 fully saturated rings. The smallest absolute Gasteiger partial charge is 0.340 e. The first kappa shape index (κ1) is 28.9. The van der Waals surface area contributed by atoms with Gasteiger partial charge in [-0.25, -0.2) is 0 Å². The van der Waals surface area contributed by atoms with E-state index in [0.717, 1.165) is 22.0 Å². The fourth-order valence-corrected chi connectivity index (χ4v) is 6.51. The zero-order valence-corrected chi connectivity index (χ0v) is 24.5. The molecule has 0 radical (unpaired) electrons. The van der Waals surface area contributed by atoms with Crippen molar-refractivity contribution in [3.05, 3.63) is 102 Å². The molecule has 4 heterocycles. The molecule has 2 unspecified atom stereocenters. The minimum atomic E-state index is -4.55. The number of halogens is 3. The van der Waals surface area contributed by atoms with Crippen molar-refractivity contribution in [2.75, 3.05) is 26.2 Å². The van der Waals surface area contributed by atoms with Crippen molar-refractivity contribution in [2.24, 2.45) is 5.92 Å². The number of carbonyl (C=O) groups is 1. The number of nitrogens with zero attached hydrogens (tertiary/aromatic N) is 5. The molecule has 1 saturated heterocycles. The average Bonchev–Trinajstić information content (AvgIpc) is 3.06. The number of hydrogen-bond donors (Lipinski definition) is 0. The third kappa shape index (κ3) is 5.29. The summed E-state index contributed by atoms with van der Waals surface area (Å²) in [4.78, 5) is 38.2. The average molecular weight is 610 g/mol. The van der Waals surface area contributed by atoms with Crippen molar-refractivity contribution in [3.63, 3.8) is 0 Å². The molecule has 3 aromatic heterocycles. The second-order valence-corrected chi connectivity index (χ2v) is 11.5. The first-order valence-electron chi connectivity index (χ1n) is 15.0. The van der Waals surface area contributed by atoms with Gasteiger partial charge in [0, 0.05) is 84.5 Å². The van der Waals surface area contributed by atoms with Gasteiger partial charge in [0.15, 0.2) is 0 Å². The van der Waals surface area contributed by atoms with Crippen LogP contribution in [0.25, 0.3) is 49.5 Å². The predicted octanol–water partition coefficient (Wildman–Crippen LogP) is 6.28. The number of amides is 1. The number of allylic oxidation sites excluding steroid dienone is 2. The predicted molar refractivity (Wildman–Crippen MR) is 169 cm³/mol. The number of aromatic nitrogens is 3. The van der Waals surface area contributed by atoms with Gasteiger partial charge < -0.3 is 4.90 Å². The van der Waals surface area contributed by atoms with E-state index in [2.05, 4.69) is 9.97 Å². The number of para-hydroxylation sites is 1. The number of alkyl halides is 3. The number of rotatable bonds is 4. The maximum atomic E-state index is 14.6. The number of pyridine rings is 3. The molecule has 2 aromatic carbocycles. The van der Waals surface area contributed by atoms with Gasteiger partial charge in [-0.15, -0.1) is 0 Å². The number of fused-ring (bicyclic) bond motifs is 4. The SMILES string of the molecule is CCC(=O)N1CCN(C2C=CC(n3c(=O)ccc4cnc5ccc(-c6cnc7ccccc7c6)cc5c43)=CC2C(F)(F)F)CC1. The van der Waals surface area contributed by atoms with Crippen molar-refractivity contribution in [2.45, 2.75) is 25.6 Å². The molecule has 45 heavy (non-hydrogen) atoms. The summed E-state index contributed by atoms with van der Waals surface area (Å²) < 4.78 is 45.3. The highest BCUT2D eigenvalue weighted by atomic mass is 19.4. The summed E-state index contributed by atoms with van der Waals surface area (Å²) in [6.07, 6.45) is 3.56. The Bertz CT molecular complexity index is 2080. The molecule has 0 N–H and O–H groups in total. The minimum Gasteiger partial charge on any atom is -0.340 e. The summed E-state index contributed by atoms with van der Waals surface area (Å²) in [5.41, 5.74) is 3.42. The van der Waals surface area contributed by atoms with E-state index in [1.807, 2.05) is 48.5 Å². The Labute approximate surface area is 256 Å². The van der Waals surface area contributed by atoms with Crippen LogP contribution in [0.5, 0.6) is 0 Å². The van der Waals surface area contributed by atoms with Gasteiger partial charge in [-0.1, -0.05) is 37.3 Å². The largest absolute Gasteiger partial charge is 0.397 e. The minimum absolute atomic E-state index is 0.000438. The summed E-state index contributed by atoms with van der Waals surface area (Å²) in [5, 5.41) is 2.26. The molecule has 228 valence electrons. The zero-order chi connectivity index (χ0) is 31.3. The Hall–Kier alpha value is -4.83. The van der Waals surface area contributed by atoms with Crippen molar-refractivity contribution in [1.29, 1.82) is 0 Å². The lowest BCUT2D eigenvalue weighted by molar-refractivity contribution is -0.174. The van der Waals surface area contributed by atoms with E-state index in [4.69, 9.17) is 0 Å². The molecule has 7 nitrogen and oxygen atoms in total. The van der Waals surface area contributed by atoms with Gasteiger partial charge >= 0.3 is 6.18 Å². The standard InChI is InChI=1S/C35H30F3N5O2/c1-2-32(44)42-15-13-41(14-16-42)31-11-9-26(19-28(31)35(36,37)38)43-33(45)12-8-24-20-40-30-10-7-22(18-27(30)34(24)43)25-17-23-5-3-4-6-29(23)39-21-25/h3-12,17-21,28,31H,2,13-16H2,1H3. The van der Waals surface area contributed by atoms with Gasteiger partial charge in [-0.3, -0.25) is 29.0 Å². The molecule has 10 heteroatoms. The molecular weight excluding hydrogens is 579 g/mol. The zero-order valence-electron chi connectivity index (χ0n) is 24.5. The maximum absolute atomic E-state index is 14.6. The highest BCUT2D eigenvalue weighted by Gasteiger charge is 2.46. The van der Waals surface area contributed by atoms with Gasteiger partial charge in [-0.05, 0) is 48.0 Å². The molecule has 0 bridgehead atoms. The Morgan fingerprint density at radius 2 is 1.67 bits per heavy atom. The molecule has 7 rings (SSSR count). The Balaban J connectivity index is 1.32. The number of benzene rings is 2. The first-order chi connectivity index (χ1) is 21.7. The summed E-state index contributed by atoms with van der Waals surface area (Å²) in [5.74, 6) is -1.83. The highest BCUT2D eigenvalue weighted by molar-refractivity contribution is 6.06. The van der Waals surface area contributed by atoms with Crippen molar-refractivity contribution in [1.82, 2.24) is 24.3 Å². The van der Waals surface area contributed by atoms with Gasteiger partial charge in [0.2, 0.25) is 5.91 Å². The van der Waals surface area contributed by atoms with Crippen LogP contribution in [0.3, 0.4) is 0 Å². The third-order valence-electron chi connectivity index (χ3n) is 8.85. The lowest BCUT2D eigenvalue weighted by Crippen LogP contribution is -2.55. The van der Waals surface area contributed by atoms with Gasteiger partial charge in [0.1, 0.15) is 0 Å². The van der Waals surface area contributed by atoms with Crippen LogP contribution in [-0.4, -0.2) is 68.6 Å². The fraction of sp³-hybridized carbons (Fsp3) is 0.257. The monoisotopic (exact) mass is 609 g/mol. The van der Waals surface area contributed by atoms with E-state index in [9.17, 15) is 22.8 Å². The van der Waals surface area contributed by atoms with E-state index in [1.54, 1.807) is 47.3 Å². The Morgan fingerprint density at radius 3 is 2.44 bits per heavy atom. The first-order valence-corrected chi connectivity index (χ1v) is 15.0. The maximum Gasteiger partial charge on any atom is 0.397 e. The number of piperazine rings is 1. The topological polar surface area (TPSA) is 71.3 Å². The van der Waals surface area contributed by atoms with E-state index < -0.39 is 23.7 Å². The molecule has 1 aliphatic carbocycles. The fourth-order valence-electron chi connectivity index (χ4n) is 6.51. The quantitative estimate of drug-likeness (QED) is 0.225. The third-order valence-corrected chi connectivity index (χ3v) is 8.85. The molecule has 2 atom stereocenters. The van der Waals surface area contributed by atoms with Crippen LogP contribution in [0.15, 0.2) is 96.1 Å². The normalized spacial score (nSPS) is 19.4. The van der Waals surface area contributed by atoms with Crippen molar-refractivity contribution < 1.29 is 18.0 Å². The molecule has 5 aromatic rings. The number of carbonyl (C=O) groups excluding carboxylic acids is 1. The second kappa shape index (κ2) is 11.3. The van der Waals surface area contributed by atoms with E-state index in [-0.39, 0.29) is 11.6 Å². The molecule has 1 amide bonds. The summed E-state index contributed by atoms with van der Waals surface area (Å²) in [6, 6.07) is 17.6. The van der Waals surface area contributed by atoms with Crippen LogP contribution >= 0.6 is 0 Å². The van der Waals surface area contributed by atoms with Crippen LogP contribution in [0.4, 0.5) is 13.2 Å². The van der Waals surface area contributed by atoms with Crippen LogP contribution in [0, 0.1) is 5.92 Å². The van der Waals surface area contributed by atoms with Gasteiger partial charge in [0.25, 0.3) is 5.56 Å². The number of hydrogen-bond acceptors (Lipinski definition) is 5. The summed E-state index contributed by atoms with van der Waals surface area (Å²) in [7, 11) is 0. The van der Waals surface area contributed by atoms with Crippen LogP contribution in [-0.2, 0) is 4.79 Å². The lowest BCUT2D eigenvalue weighted by Gasteiger charge is -2.42. The van der Waals surface area contributed by atoms with Crippen LogP contribution < -0.4 is 5.56 Å². The molecule has 2 aliphatic rings. The van der Waals surface area contributed by atoms with E-state index in [1.165, 1.54) is 16.7 Å². The second-order valence-electron chi connectivity index (χ2n) is 11.5. The van der Waals surface area contributed by atoms with Gasteiger partial charge in [0.05, 0.1) is 22.5 Å². The molecule has 0 saturated carbocycles. The van der Waals surface area contributed by atoms with E-state index >= 15 is 0 Å².